The van der Waals surface area contributed by atoms with E-state index in [0.717, 1.165) is 44.9 Å². The summed E-state index contributed by atoms with van der Waals surface area (Å²) in [5.74, 6) is -0.102. The van der Waals surface area contributed by atoms with Crippen LogP contribution in [0.4, 0.5) is 0 Å². The zero-order valence-corrected chi connectivity index (χ0v) is 14.0. The van der Waals surface area contributed by atoms with Gasteiger partial charge in [-0.05, 0) is 38.3 Å². The molecule has 5 heteroatoms. The molecule has 0 N–H and O–H groups in total. The Hall–Kier alpha value is -0.393. The van der Waals surface area contributed by atoms with E-state index in [4.69, 9.17) is 13.6 Å². The minimum Gasteiger partial charge on any atom is -0.466 e. The van der Waals surface area contributed by atoms with Gasteiger partial charge in [0.15, 0.2) is 0 Å². The second kappa shape index (κ2) is 11.4. The Kier molecular flexibility index (Phi) is 11.2. The summed E-state index contributed by atoms with van der Waals surface area (Å²) in [4.78, 5) is 11.2. The van der Waals surface area contributed by atoms with E-state index in [2.05, 4.69) is 20.4 Å². The van der Waals surface area contributed by atoms with E-state index in [1.165, 1.54) is 0 Å². The predicted molar refractivity (Wildman–Crippen MR) is 79.4 cm³/mol. The van der Waals surface area contributed by atoms with Crippen molar-refractivity contribution >= 4 is 14.5 Å². The molecule has 0 rings (SSSR count). The first-order valence-corrected chi connectivity index (χ1v) is 10.0. The fourth-order valence-electron chi connectivity index (χ4n) is 1.68. The summed E-state index contributed by atoms with van der Waals surface area (Å²) in [6.07, 6.45) is 4.18. The van der Waals surface area contributed by atoms with Crippen molar-refractivity contribution in [1.82, 2.24) is 0 Å². The van der Waals surface area contributed by atoms with E-state index >= 15 is 0 Å². The van der Waals surface area contributed by atoms with Crippen molar-refractivity contribution in [2.45, 2.75) is 65.5 Å². The van der Waals surface area contributed by atoms with Gasteiger partial charge in [0, 0.05) is 19.6 Å². The van der Waals surface area contributed by atoms with Crippen LogP contribution in [-0.4, -0.2) is 34.4 Å². The third kappa shape index (κ3) is 10.1. The Morgan fingerprint density at radius 3 is 2.00 bits per heavy atom. The molecule has 0 fully saturated rings. The van der Waals surface area contributed by atoms with Crippen molar-refractivity contribution in [3.63, 3.8) is 0 Å². The Bertz CT molecular complexity index is 225. The van der Waals surface area contributed by atoms with Crippen LogP contribution in [0.3, 0.4) is 0 Å². The van der Waals surface area contributed by atoms with Gasteiger partial charge in [0.05, 0.1) is 6.61 Å². The topological polar surface area (TPSA) is 44.8 Å². The fraction of sp³-hybridized carbons (Fsp3) is 0.929. The lowest BCUT2D eigenvalue weighted by Gasteiger charge is -2.26. The summed E-state index contributed by atoms with van der Waals surface area (Å²) in [7, 11) is -2.07. The minimum atomic E-state index is -2.07. The Balaban J connectivity index is 3.93. The summed E-state index contributed by atoms with van der Waals surface area (Å²) < 4.78 is 17.0. The molecule has 0 unspecified atom stereocenters. The van der Waals surface area contributed by atoms with Crippen molar-refractivity contribution in [2.24, 2.45) is 0 Å². The zero-order valence-electron chi connectivity index (χ0n) is 13.0. The van der Waals surface area contributed by atoms with Gasteiger partial charge in [-0.2, -0.15) is 0 Å². The van der Waals surface area contributed by atoms with Crippen molar-refractivity contribution in [2.75, 3.05) is 19.8 Å². The highest BCUT2D eigenvalue weighted by Crippen LogP contribution is 2.17. The number of rotatable bonds is 12. The van der Waals surface area contributed by atoms with E-state index in [1.54, 1.807) is 0 Å². The summed E-state index contributed by atoms with van der Waals surface area (Å²) >= 11 is 0. The van der Waals surface area contributed by atoms with E-state index in [-0.39, 0.29) is 5.97 Å². The van der Waals surface area contributed by atoms with Crippen molar-refractivity contribution in [3.8, 4) is 0 Å². The Labute approximate surface area is 119 Å². The summed E-state index contributed by atoms with van der Waals surface area (Å²) in [5.41, 5.74) is 0. The highest BCUT2D eigenvalue weighted by atomic mass is 28.4. The monoisotopic (exact) mass is 290 g/mol. The quantitative estimate of drug-likeness (QED) is 0.313. The van der Waals surface area contributed by atoms with Crippen LogP contribution in [0.5, 0.6) is 0 Å². The first-order valence-electron chi connectivity index (χ1n) is 7.51. The van der Waals surface area contributed by atoms with Gasteiger partial charge in [0.2, 0.25) is 0 Å². The minimum absolute atomic E-state index is 0.102. The molecule has 0 saturated carbocycles. The van der Waals surface area contributed by atoms with Gasteiger partial charge in [0.25, 0.3) is 0 Å². The van der Waals surface area contributed by atoms with Crippen LogP contribution in [0.2, 0.25) is 12.6 Å². The number of hydrogen-bond acceptors (Lipinski definition) is 4. The molecule has 0 aliphatic rings. The molecule has 19 heavy (non-hydrogen) atoms. The molecule has 0 amide bonds. The number of carbonyl (C=O) groups is 1. The van der Waals surface area contributed by atoms with Crippen LogP contribution in [0.15, 0.2) is 0 Å². The summed E-state index contributed by atoms with van der Waals surface area (Å²) in [6, 6.07) is 0.881. The molecule has 0 aromatic heterocycles. The van der Waals surface area contributed by atoms with Crippen molar-refractivity contribution in [3.05, 3.63) is 0 Å². The van der Waals surface area contributed by atoms with Crippen LogP contribution < -0.4 is 0 Å². The number of hydrogen-bond donors (Lipinski definition) is 0. The second-order valence-corrected chi connectivity index (χ2v) is 8.25. The molecule has 0 heterocycles. The van der Waals surface area contributed by atoms with Crippen molar-refractivity contribution in [1.29, 1.82) is 0 Å². The molecule has 0 bridgehead atoms. The van der Waals surface area contributed by atoms with Gasteiger partial charge in [-0.25, -0.2) is 0 Å². The first kappa shape index (κ1) is 18.6. The van der Waals surface area contributed by atoms with Crippen LogP contribution in [0.25, 0.3) is 0 Å². The number of carbonyl (C=O) groups excluding carboxylic acids is 1. The standard InChI is InChI=1S/C14H30O4Si/c1-5-9-14(15)16-12-8-13-19(4,17-10-6-2)18-11-7-3/h5-13H2,1-4H3. The largest absolute Gasteiger partial charge is 0.466 e. The molecule has 114 valence electrons. The lowest BCUT2D eigenvalue weighted by atomic mass is 10.3. The van der Waals surface area contributed by atoms with E-state index in [1.807, 2.05) is 6.92 Å². The normalized spacial score (nSPS) is 11.6. The van der Waals surface area contributed by atoms with Gasteiger partial charge >= 0.3 is 14.5 Å². The van der Waals surface area contributed by atoms with Crippen LogP contribution in [0.1, 0.15) is 52.9 Å². The second-order valence-electron chi connectivity index (χ2n) is 4.90. The van der Waals surface area contributed by atoms with Gasteiger partial charge in [-0.15, -0.1) is 0 Å². The summed E-state index contributed by atoms with van der Waals surface area (Å²) in [6.45, 7) is 10.3. The average molecular weight is 290 g/mol. The van der Waals surface area contributed by atoms with Crippen LogP contribution >= 0.6 is 0 Å². The Morgan fingerprint density at radius 1 is 0.947 bits per heavy atom. The van der Waals surface area contributed by atoms with Gasteiger partial charge < -0.3 is 13.6 Å². The van der Waals surface area contributed by atoms with Gasteiger partial charge in [0.1, 0.15) is 0 Å². The molecular weight excluding hydrogens is 260 g/mol. The van der Waals surface area contributed by atoms with Crippen LogP contribution in [0, 0.1) is 0 Å². The zero-order chi connectivity index (χ0) is 14.6. The first-order chi connectivity index (χ1) is 9.08. The number of esters is 1. The highest BCUT2D eigenvalue weighted by molar-refractivity contribution is 6.66. The molecule has 0 aromatic rings. The molecule has 0 aliphatic carbocycles. The SMILES string of the molecule is CCCO[Si](C)(CCCOC(=O)CCC)OCCC. The molecule has 4 nitrogen and oxygen atoms in total. The predicted octanol–water partition coefficient (Wildman–Crippen LogP) is 3.65. The van der Waals surface area contributed by atoms with Crippen molar-refractivity contribution < 1.29 is 18.4 Å². The molecule has 0 saturated heterocycles. The maximum atomic E-state index is 11.2. The molecule has 0 radical (unpaired) electrons. The molecule has 0 aliphatic heterocycles. The molecule has 0 spiro atoms. The van der Waals surface area contributed by atoms with Gasteiger partial charge in [-0.1, -0.05) is 20.8 Å². The fourth-order valence-corrected chi connectivity index (χ4v) is 4.11. The average Bonchev–Trinajstić information content (AvgIpc) is 2.40. The van der Waals surface area contributed by atoms with Crippen LogP contribution in [-0.2, 0) is 18.4 Å². The highest BCUT2D eigenvalue weighted by Gasteiger charge is 2.30. The molecule has 0 aromatic carbocycles. The van der Waals surface area contributed by atoms with Gasteiger partial charge in [-0.3, -0.25) is 4.79 Å². The number of ether oxygens (including phenoxy) is 1. The molecular formula is C14H30O4Si. The van der Waals surface area contributed by atoms with E-state index < -0.39 is 8.56 Å². The third-order valence-corrected chi connectivity index (χ3v) is 5.61. The lowest BCUT2D eigenvalue weighted by Crippen LogP contribution is -2.39. The summed E-state index contributed by atoms with van der Waals surface area (Å²) in [5, 5.41) is 0. The maximum absolute atomic E-state index is 11.2. The Morgan fingerprint density at radius 2 is 1.53 bits per heavy atom. The lowest BCUT2D eigenvalue weighted by molar-refractivity contribution is -0.143. The molecule has 0 atom stereocenters. The maximum Gasteiger partial charge on any atom is 0.335 e. The van der Waals surface area contributed by atoms with E-state index in [0.29, 0.717) is 13.0 Å². The third-order valence-electron chi connectivity index (χ3n) is 2.72. The van der Waals surface area contributed by atoms with E-state index in [9.17, 15) is 4.79 Å². The smallest absolute Gasteiger partial charge is 0.335 e.